The molecule has 0 unspecified atom stereocenters. The van der Waals surface area contributed by atoms with Gasteiger partial charge >= 0.3 is 0 Å². The number of hydrogen-bond donors (Lipinski definition) is 1. The van der Waals surface area contributed by atoms with E-state index in [9.17, 15) is 4.79 Å². The highest BCUT2D eigenvalue weighted by Gasteiger charge is 2.34. The molecule has 2 heterocycles. The number of benzene rings is 1. The quantitative estimate of drug-likeness (QED) is 0.846. The zero-order valence-electron chi connectivity index (χ0n) is 15.2. The molecule has 1 aromatic carbocycles. The minimum atomic E-state index is -0.0686. The molecule has 1 aliphatic rings. The zero-order chi connectivity index (χ0) is 18.5. The van der Waals surface area contributed by atoms with Gasteiger partial charge in [0.1, 0.15) is 0 Å². The van der Waals surface area contributed by atoms with E-state index in [0.717, 1.165) is 31.9 Å². The van der Waals surface area contributed by atoms with Crippen molar-refractivity contribution in [1.82, 2.24) is 20.1 Å². The Balaban J connectivity index is 1.67. The highest BCUT2D eigenvalue weighted by molar-refractivity contribution is 6.30. The molecule has 1 amide bonds. The van der Waals surface area contributed by atoms with Crippen molar-refractivity contribution in [3.05, 3.63) is 64.9 Å². The molecule has 2 aromatic rings. The third-order valence-electron chi connectivity index (χ3n) is 4.63. The summed E-state index contributed by atoms with van der Waals surface area (Å²) in [5, 5.41) is 3.78. The number of aromatic nitrogens is 1. The van der Waals surface area contributed by atoms with Crippen molar-refractivity contribution in [2.24, 2.45) is 5.92 Å². The first kappa shape index (κ1) is 18.8. The van der Waals surface area contributed by atoms with Crippen LogP contribution >= 0.6 is 11.6 Å². The van der Waals surface area contributed by atoms with Gasteiger partial charge in [0.15, 0.2) is 0 Å². The molecular formula is C20H25ClN4O. The van der Waals surface area contributed by atoms with E-state index < -0.39 is 0 Å². The van der Waals surface area contributed by atoms with Crippen LogP contribution in [0.2, 0.25) is 5.02 Å². The molecule has 1 aliphatic heterocycles. The first-order chi connectivity index (χ1) is 12.5. The van der Waals surface area contributed by atoms with E-state index >= 15 is 0 Å². The summed E-state index contributed by atoms with van der Waals surface area (Å²) in [6.45, 7) is 3.49. The highest BCUT2D eigenvalue weighted by atomic mass is 35.5. The number of rotatable bonds is 6. The fraction of sp³-hybridized carbons (Fsp3) is 0.400. The number of carbonyl (C=O) groups excluding carboxylic acids is 1. The van der Waals surface area contributed by atoms with Crippen molar-refractivity contribution in [2.45, 2.75) is 12.6 Å². The largest absolute Gasteiger partial charge is 0.348 e. The van der Waals surface area contributed by atoms with Crippen LogP contribution in [0.25, 0.3) is 0 Å². The lowest BCUT2D eigenvalue weighted by atomic mass is 10.0. The van der Waals surface area contributed by atoms with Gasteiger partial charge in [-0.25, -0.2) is 0 Å². The van der Waals surface area contributed by atoms with Crippen LogP contribution in [0.3, 0.4) is 0 Å². The van der Waals surface area contributed by atoms with Crippen molar-refractivity contribution in [3.63, 3.8) is 0 Å². The molecule has 0 bridgehead atoms. The lowest BCUT2D eigenvalue weighted by molar-refractivity contribution is 0.0926. The van der Waals surface area contributed by atoms with Crippen molar-refractivity contribution < 1.29 is 4.79 Å². The maximum atomic E-state index is 12.6. The van der Waals surface area contributed by atoms with Crippen LogP contribution in [-0.4, -0.2) is 60.5 Å². The normalized spacial score (nSPS) is 20.5. The lowest BCUT2D eigenvalue weighted by Gasteiger charge is -2.23. The van der Waals surface area contributed by atoms with E-state index in [2.05, 4.69) is 34.2 Å². The highest BCUT2D eigenvalue weighted by Crippen LogP contribution is 2.20. The Morgan fingerprint density at radius 3 is 2.81 bits per heavy atom. The number of nitrogens with one attached hydrogen (secondary N) is 1. The van der Waals surface area contributed by atoms with Crippen molar-refractivity contribution in [1.29, 1.82) is 0 Å². The molecule has 3 rings (SSSR count). The van der Waals surface area contributed by atoms with Crippen LogP contribution in [-0.2, 0) is 6.54 Å². The van der Waals surface area contributed by atoms with Crippen LogP contribution in [0, 0.1) is 5.92 Å². The van der Waals surface area contributed by atoms with Crippen LogP contribution in [0.15, 0.2) is 48.7 Å². The number of nitrogens with zero attached hydrogens (tertiary/aromatic N) is 3. The summed E-state index contributed by atoms with van der Waals surface area (Å²) in [4.78, 5) is 21.6. The van der Waals surface area contributed by atoms with E-state index in [1.807, 2.05) is 24.4 Å². The monoisotopic (exact) mass is 372 g/mol. The average Bonchev–Trinajstić information content (AvgIpc) is 2.96. The molecule has 1 aromatic heterocycles. The van der Waals surface area contributed by atoms with Gasteiger partial charge in [0.05, 0.1) is 5.69 Å². The molecule has 1 saturated heterocycles. The van der Waals surface area contributed by atoms with Gasteiger partial charge in [-0.15, -0.1) is 0 Å². The molecule has 138 valence electrons. The maximum absolute atomic E-state index is 12.6. The van der Waals surface area contributed by atoms with Crippen LogP contribution in [0.4, 0.5) is 0 Å². The number of hydrogen-bond acceptors (Lipinski definition) is 4. The fourth-order valence-electron chi connectivity index (χ4n) is 3.51. The minimum absolute atomic E-state index is 0.0686. The summed E-state index contributed by atoms with van der Waals surface area (Å²) in [6, 6.07) is 13.2. The van der Waals surface area contributed by atoms with Gasteiger partial charge in [-0.05, 0) is 44.4 Å². The Morgan fingerprint density at radius 2 is 2.12 bits per heavy atom. The number of halogens is 1. The fourth-order valence-corrected chi connectivity index (χ4v) is 3.70. The van der Waals surface area contributed by atoms with Crippen molar-refractivity contribution in [3.8, 4) is 0 Å². The lowest BCUT2D eigenvalue weighted by Crippen LogP contribution is -2.43. The summed E-state index contributed by atoms with van der Waals surface area (Å²) in [6.07, 6.45) is 1.82. The van der Waals surface area contributed by atoms with Gasteiger partial charge in [-0.3, -0.25) is 14.7 Å². The molecule has 1 N–H and O–H groups in total. The summed E-state index contributed by atoms with van der Waals surface area (Å²) in [7, 11) is 4.13. The molecule has 0 spiro atoms. The molecule has 0 saturated carbocycles. The standard InChI is InChI=1S/C20H25ClN4O/c1-24(2)11-16-12-25(13-18-8-3-4-9-22-18)14-19(16)23-20(26)15-6-5-7-17(21)10-15/h3-10,16,19H,11-14H2,1-2H3,(H,23,26)/t16-,19-/m1/s1. The Morgan fingerprint density at radius 1 is 1.27 bits per heavy atom. The predicted molar refractivity (Wildman–Crippen MR) is 104 cm³/mol. The summed E-state index contributed by atoms with van der Waals surface area (Å²) >= 11 is 6.01. The van der Waals surface area contributed by atoms with Crippen LogP contribution in [0.1, 0.15) is 16.1 Å². The SMILES string of the molecule is CN(C)C[C@@H]1CN(Cc2ccccn2)C[C@H]1NC(=O)c1cccc(Cl)c1. The minimum Gasteiger partial charge on any atom is -0.348 e. The van der Waals surface area contributed by atoms with Gasteiger partial charge in [-0.2, -0.15) is 0 Å². The Kier molecular flexibility index (Phi) is 6.25. The maximum Gasteiger partial charge on any atom is 0.251 e. The number of carbonyl (C=O) groups is 1. The average molecular weight is 373 g/mol. The third-order valence-corrected chi connectivity index (χ3v) is 4.87. The molecule has 6 heteroatoms. The topological polar surface area (TPSA) is 48.5 Å². The number of pyridine rings is 1. The van der Waals surface area contributed by atoms with E-state index in [-0.39, 0.29) is 11.9 Å². The Hall–Kier alpha value is -1.95. The van der Waals surface area contributed by atoms with E-state index in [1.54, 1.807) is 24.3 Å². The molecule has 0 aliphatic carbocycles. The van der Waals surface area contributed by atoms with Gasteiger partial charge in [0.2, 0.25) is 0 Å². The summed E-state index contributed by atoms with van der Waals surface area (Å²) in [5.41, 5.74) is 1.65. The molecule has 26 heavy (non-hydrogen) atoms. The van der Waals surface area contributed by atoms with Crippen molar-refractivity contribution >= 4 is 17.5 Å². The second-order valence-electron chi connectivity index (χ2n) is 7.13. The molecule has 1 fully saturated rings. The Bertz CT molecular complexity index is 738. The van der Waals surface area contributed by atoms with Gasteiger partial charge in [-0.1, -0.05) is 23.7 Å². The predicted octanol–water partition coefficient (Wildman–Crippen LogP) is 2.53. The van der Waals surface area contributed by atoms with Crippen LogP contribution in [0.5, 0.6) is 0 Å². The van der Waals surface area contributed by atoms with E-state index in [1.165, 1.54) is 0 Å². The third kappa shape index (κ3) is 5.04. The molecule has 0 radical (unpaired) electrons. The second kappa shape index (κ2) is 8.62. The zero-order valence-corrected chi connectivity index (χ0v) is 16.0. The molecular weight excluding hydrogens is 348 g/mol. The summed E-state index contributed by atoms with van der Waals surface area (Å²) < 4.78 is 0. The smallest absolute Gasteiger partial charge is 0.251 e. The van der Waals surface area contributed by atoms with E-state index in [4.69, 9.17) is 11.6 Å². The first-order valence-electron chi connectivity index (χ1n) is 8.84. The van der Waals surface area contributed by atoms with Crippen molar-refractivity contribution in [2.75, 3.05) is 33.7 Å². The van der Waals surface area contributed by atoms with Gasteiger partial charge in [0.25, 0.3) is 5.91 Å². The number of likely N-dealkylation sites (tertiary alicyclic amines) is 1. The van der Waals surface area contributed by atoms with E-state index in [0.29, 0.717) is 16.5 Å². The number of amides is 1. The summed E-state index contributed by atoms with van der Waals surface area (Å²) in [5.74, 6) is 0.304. The molecule has 2 atom stereocenters. The Labute approximate surface area is 160 Å². The van der Waals surface area contributed by atoms with Crippen LogP contribution < -0.4 is 5.32 Å². The molecule has 5 nitrogen and oxygen atoms in total. The van der Waals surface area contributed by atoms with Gasteiger partial charge < -0.3 is 10.2 Å². The first-order valence-corrected chi connectivity index (χ1v) is 9.22. The second-order valence-corrected chi connectivity index (χ2v) is 7.56. The van der Waals surface area contributed by atoms with Gasteiger partial charge in [0, 0.05) is 54.9 Å².